The molecule has 4 rings (SSSR count). The molecule has 2 saturated heterocycles. The largest absolute Gasteiger partial charge is 0.340 e. The Morgan fingerprint density at radius 3 is 3.09 bits per heavy atom. The average molecular weight is 298 g/mol. The monoisotopic (exact) mass is 298 g/mol. The Morgan fingerprint density at radius 1 is 1.23 bits per heavy atom. The van der Waals surface area contributed by atoms with Gasteiger partial charge in [0.05, 0.1) is 17.4 Å². The van der Waals surface area contributed by atoms with E-state index in [0.717, 1.165) is 30.7 Å². The van der Waals surface area contributed by atoms with Crippen molar-refractivity contribution >= 4 is 16.9 Å². The number of piperazine rings is 1. The van der Waals surface area contributed by atoms with E-state index in [9.17, 15) is 4.79 Å². The van der Waals surface area contributed by atoms with Gasteiger partial charge in [-0.25, -0.2) is 4.98 Å². The minimum absolute atomic E-state index is 0.282. The lowest BCUT2D eigenvalue weighted by atomic mass is 10.1. The van der Waals surface area contributed by atoms with Crippen molar-refractivity contribution in [3.63, 3.8) is 0 Å². The van der Waals surface area contributed by atoms with E-state index in [2.05, 4.69) is 25.4 Å². The van der Waals surface area contributed by atoms with Crippen LogP contribution in [0.25, 0.3) is 11.0 Å². The van der Waals surface area contributed by atoms with Crippen molar-refractivity contribution < 1.29 is 4.79 Å². The number of amides is 1. The molecule has 3 heterocycles. The van der Waals surface area contributed by atoms with Crippen LogP contribution in [0.3, 0.4) is 0 Å². The summed E-state index contributed by atoms with van der Waals surface area (Å²) in [6.07, 6.45) is 4.93. The first-order valence-corrected chi connectivity index (χ1v) is 8.23. The van der Waals surface area contributed by atoms with E-state index in [1.165, 1.54) is 19.4 Å². The van der Waals surface area contributed by atoms with Crippen molar-refractivity contribution in [2.45, 2.75) is 31.8 Å². The number of carbonyl (C=O) groups is 1. The van der Waals surface area contributed by atoms with Gasteiger partial charge in [0, 0.05) is 38.6 Å². The van der Waals surface area contributed by atoms with Gasteiger partial charge in [0.25, 0.3) is 0 Å². The minimum Gasteiger partial charge on any atom is -0.340 e. The van der Waals surface area contributed by atoms with Gasteiger partial charge in [-0.2, -0.15) is 0 Å². The van der Waals surface area contributed by atoms with E-state index in [4.69, 9.17) is 0 Å². The Balaban J connectivity index is 1.38. The minimum atomic E-state index is 0.282. The highest BCUT2D eigenvalue weighted by atomic mass is 16.2. The molecule has 1 aromatic heterocycles. The Bertz CT molecular complexity index is 680. The van der Waals surface area contributed by atoms with Gasteiger partial charge in [0.2, 0.25) is 5.91 Å². The van der Waals surface area contributed by atoms with Crippen LogP contribution in [-0.2, 0) is 11.3 Å². The molecule has 5 nitrogen and oxygen atoms in total. The molecular weight excluding hydrogens is 276 g/mol. The number of hydrogen-bond donors (Lipinski definition) is 0. The molecule has 2 aliphatic rings. The van der Waals surface area contributed by atoms with Gasteiger partial charge in [-0.3, -0.25) is 9.69 Å². The van der Waals surface area contributed by atoms with Crippen LogP contribution in [0.15, 0.2) is 30.6 Å². The highest BCUT2D eigenvalue weighted by Gasteiger charge is 2.32. The van der Waals surface area contributed by atoms with E-state index < -0.39 is 0 Å². The molecule has 0 aliphatic carbocycles. The molecule has 1 aromatic carbocycles. The van der Waals surface area contributed by atoms with Crippen LogP contribution in [0.1, 0.15) is 19.3 Å². The van der Waals surface area contributed by atoms with Crippen LogP contribution in [-0.4, -0.2) is 57.5 Å². The topological polar surface area (TPSA) is 41.4 Å². The zero-order valence-electron chi connectivity index (χ0n) is 12.8. The summed E-state index contributed by atoms with van der Waals surface area (Å²) in [5.41, 5.74) is 2.10. The molecule has 2 fully saturated rings. The second kappa shape index (κ2) is 5.72. The number of aromatic nitrogens is 2. The summed E-state index contributed by atoms with van der Waals surface area (Å²) >= 11 is 0. The molecule has 0 N–H and O–H groups in total. The van der Waals surface area contributed by atoms with Gasteiger partial charge >= 0.3 is 0 Å². The number of para-hydroxylation sites is 2. The molecule has 2 aromatic rings. The number of imidazole rings is 1. The van der Waals surface area contributed by atoms with Gasteiger partial charge in [-0.15, -0.1) is 0 Å². The standard InChI is InChI=1S/C17H22N4O/c22-17(20-11-10-19-8-3-4-14(19)12-20)7-9-21-13-18-15-5-1-2-6-16(15)21/h1-2,5-6,13-14H,3-4,7-12H2. The number of nitrogens with zero attached hydrogens (tertiary/aromatic N) is 4. The third-order valence-corrected chi connectivity index (χ3v) is 5.03. The number of rotatable bonds is 3. The molecule has 0 bridgehead atoms. The first-order valence-electron chi connectivity index (χ1n) is 8.23. The summed E-state index contributed by atoms with van der Waals surface area (Å²) in [7, 11) is 0. The average Bonchev–Trinajstić information content (AvgIpc) is 3.18. The molecule has 0 radical (unpaired) electrons. The maximum absolute atomic E-state index is 12.5. The first kappa shape index (κ1) is 13.8. The number of fused-ring (bicyclic) bond motifs is 2. The molecule has 0 saturated carbocycles. The van der Waals surface area contributed by atoms with Crippen molar-refractivity contribution in [3.8, 4) is 0 Å². The fourth-order valence-electron chi connectivity index (χ4n) is 3.78. The zero-order valence-corrected chi connectivity index (χ0v) is 12.8. The molecule has 22 heavy (non-hydrogen) atoms. The summed E-state index contributed by atoms with van der Waals surface area (Å²) in [5, 5.41) is 0. The second-order valence-electron chi connectivity index (χ2n) is 6.35. The summed E-state index contributed by atoms with van der Waals surface area (Å²) in [4.78, 5) is 21.5. The Morgan fingerprint density at radius 2 is 2.14 bits per heavy atom. The second-order valence-corrected chi connectivity index (χ2v) is 6.35. The lowest BCUT2D eigenvalue weighted by Gasteiger charge is -2.37. The van der Waals surface area contributed by atoms with E-state index in [1.54, 1.807) is 0 Å². The van der Waals surface area contributed by atoms with Crippen LogP contribution in [0.2, 0.25) is 0 Å². The van der Waals surface area contributed by atoms with Crippen LogP contribution in [0.5, 0.6) is 0 Å². The SMILES string of the molecule is O=C(CCn1cnc2ccccc21)N1CCN2CCCC2C1. The molecule has 5 heteroatoms. The summed E-state index contributed by atoms with van der Waals surface area (Å²) in [6, 6.07) is 8.68. The summed E-state index contributed by atoms with van der Waals surface area (Å²) in [5.74, 6) is 0.282. The van der Waals surface area contributed by atoms with Crippen LogP contribution >= 0.6 is 0 Å². The predicted octanol–water partition coefficient (Wildman–Crippen LogP) is 1.73. The summed E-state index contributed by atoms with van der Waals surface area (Å²) < 4.78 is 2.08. The molecule has 1 unspecified atom stereocenters. The van der Waals surface area contributed by atoms with E-state index >= 15 is 0 Å². The smallest absolute Gasteiger partial charge is 0.224 e. The van der Waals surface area contributed by atoms with Crippen molar-refractivity contribution in [1.82, 2.24) is 19.4 Å². The van der Waals surface area contributed by atoms with Crippen molar-refractivity contribution in [2.75, 3.05) is 26.2 Å². The molecule has 0 spiro atoms. The van der Waals surface area contributed by atoms with E-state index in [0.29, 0.717) is 19.0 Å². The van der Waals surface area contributed by atoms with E-state index in [-0.39, 0.29) is 5.91 Å². The Labute approximate surface area is 130 Å². The molecule has 116 valence electrons. The van der Waals surface area contributed by atoms with E-state index in [1.807, 2.05) is 24.5 Å². The number of hydrogen-bond acceptors (Lipinski definition) is 3. The number of benzene rings is 1. The Kier molecular flexibility index (Phi) is 3.58. The highest BCUT2D eigenvalue weighted by molar-refractivity contribution is 5.77. The van der Waals surface area contributed by atoms with Crippen LogP contribution in [0.4, 0.5) is 0 Å². The molecule has 2 aliphatic heterocycles. The first-order chi connectivity index (χ1) is 10.8. The zero-order chi connectivity index (χ0) is 14.9. The van der Waals surface area contributed by atoms with Gasteiger partial charge in [0.1, 0.15) is 0 Å². The Hall–Kier alpha value is -1.88. The highest BCUT2D eigenvalue weighted by Crippen LogP contribution is 2.22. The maximum atomic E-state index is 12.5. The summed E-state index contributed by atoms with van der Waals surface area (Å²) in [6.45, 7) is 4.78. The fourth-order valence-corrected chi connectivity index (χ4v) is 3.78. The van der Waals surface area contributed by atoms with Gasteiger partial charge in [-0.05, 0) is 31.5 Å². The molecule has 1 amide bonds. The van der Waals surface area contributed by atoms with Crippen LogP contribution in [0, 0.1) is 0 Å². The van der Waals surface area contributed by atoms with Gasteiger partial charge in [0.15, 0.2) is 0 Å². The van der Waals surface area contributed by atoms with Gasteiger partial charge < -0.3 is 9.47 Å². The molecular formula is C17H22N4O. The lowest BCUT2D eigenvalue weighted by molar-refractivity contribution is -0.134. The van der Waals surface area contributed by atoms with Crippen molar-refractivity contribution in [2.24, 2.45) is 0 Å². The number of aryl methyl sites for hydroxylation is 1. The third-order valence-electron chi connectivity index (χ3n) is 5.03. The molecule has 1 atom stereocenters. The fraction of sp³-hybridized carbons (Fsp3) is 0.529. The normalized spacial score (nSPS) is 22.2. The van der Waals surface area contributed by atoms with Crippen molar-refractivity contribution in [3.05, 3.63) is 30.6 Å². The van der Waals surface area contributed by atoms with Crippen molar-refractivity contribution in [1.29, 1.82) is 0 Å². The predicted molar refractivity (Wildman–Crippen MR) is 85.5 cm³/mol. The van der Waals surface area contributed by atoms with Gasteiger partial charge in [-0.1, -0.05) is 12.1 Å². The maximum Gasteiger partial charge on any atom is 0.224 e. The van der Waals surface area contributed by atoms with Crippen LogP contribution < -0.4 is 0 Å². The third kappa shape index (κ3) is 2.50. The quantitative estimate of drug-likeness (QED) is 0.866. The lowest BCUT2D eigenvalue weighted by Crippen LogP contribution is -2.52. The number of carbonyl (C=O) groups excluding carboxylic acids is 1.